The number of benzene rings is 1. The molecular weight excluding hydrogens is 492 g/mol. The summed E-state index contributed by atoms with van der Waals surface area (Å²) in [6.45, 7) is 4.45. The number of hydroxylamine groups is 1. The summed E-state index contributed by atoms with van der Waals surface area (Å²) in [4.78, 5) is 57.5. The summed E-state index contributed by atoms with van der Waals surface area (Å²) in [6.07, 6.45) is 4.20. The van der Waals surface area contributed by atoms with E-state index in [4.69, 9.17) is 14.3 Å². The Balaban J connectivity index is 1.74. The number of methoxy groups -OCH3 is 1. The monoisotopic (exact) mass is 532 g/mol. The van der Waals surface area contributed by atoms with Crippen LogP contribution in [0.15, 0.2) is 30.3 Å². The van der Waals surface area contributed by atoms with E-state index in [-0.39, 0.29) is 12.5 Å². The molecule has 2 heterocycles. The number of nitrogens with one attached hydrogen (secondary N) is 3. The van der Waals surface area contributed by atoms with Crippen molar-refractivity contribution in [1.29, 1.82) is 0 Å². The van der Waals surface area contributed by atoms with Gasteiger partial charge in [0.15, 0.2) is 6.29 Å². The van der Waals surface area contributed by atoms with Crippen molar-refractivity contribution in [2.24, 2.45) is 17.8 Å². The number of urea groups is 1. The topological polar surface area (TPSA) is 135 Å². The number of hydrogen-bond acceptors (Lipinski definition) is 7. The maximum Gasteiger partial charge on any atom is 0.344 e. The van der Waals surface area contributed by atoms with Gasteiger partial charge in [0.25, 0.3) is 5.91 Å². The Morgan fingerprint density at radius 3 is 2.55 bits per heavy atom. The third kappa shape index (κ3) is 8.50. The molecule has 2 unspecified atom stereocenters. The molecule has 11 nitrogen and oxygen atoms in total. The lowest BCUT2D eigenvalue weighted by Gasteiger charge is -2.29. The first kappa shape index (κ1) is 29.5. The van der Waals surface area contributed by atoms with E-state index in [1.807, 2.05) is 44.2 Å². The minimum Gasteiger partial charge on any atom is -0.382 e. The number of aryl methyl sites for hydroxylation is 1. The lowest BCUT2D eigenvalue weighted by atomic mass is 9.81. The van der Waals surface area contributed by atoms with Crippen LogP contribution in [-0.2, 0) is 35.1 Å². The predicted molar refractivity (Wildman–Crippen MR) is 138 cm³/mol. The van der Waals surface area contributed by atoms with Gasteiger partial charge < -0.3 is 14.8 Å². The zero-order chi connectivity index (χ0) is 27.5. The van der Waals surface area contributed by atoms with Crippen LogP contribution in [0.2, 0.25) is 0 Å². The fraction of sp³-hybridized carbons (Fsp3) is 0.630. The van der Waals surface area contributed by atoms with Crippen LogP contribution in [0.25, 0.3) is 0 Å². The van der Waals surface area contributed by atoms with Crippen LogP contribution >= 0.6 is 0 Å². The summed E-state index contributed by atoms with van der Waals surface area (Å²) in [6, 6.07) is 8.28. The van der Waals surface area contributed by atoms with Crippen LogP contribution in [0.3, 0.4) is 0 Å². The van der Waals surface area contributed by atoms with Gasteiger partial charge in [-0.3, -0.25) is 19.8 Å². The number of hydrazine groups is 1. The van der Waals surface area contributed by atoms with Gasteiger partial charge in [0, 0.05) is 20.1 Å². The van der Waals surface area contributed by atoms with Gasteiger partial charge >= 0.3 is 6.03 Å². The van der Waals surface area contributed by atoms with Crippen molar-refractivity contribution in [3.8, 4) is 0 Å². The van der Waals surface area contributed by atoms with Crippen LogP contribution in [-0.4, -0.2) is 61.4 Å². The molecule has 0 spiro atoms. The molecule has 0 bridgehead atoms. The Labute approximate surface area is 223 Å². The molecular formula is C27H40N4O7. The number of nitrogens with zero attached hydrogens (tertiary/aromatic N) is 1. The molecule has 1 aromatic rings. The van der Waals surface area contributed by atoms with Crippen LogP contribution in [0.5, 0.6) is 0 Å². The molecule has 2 aliphatic heterocycles. The van der Waals surface area contributed by atoms with E-state index in [2.05, 4.69) is 16.2 Å². The van der Waals surface area contributed by atoms with Gasteiger partial charge in [0.05, 0.1) is 18.4 Å². The van der Waals surface area contributed by atoms with Crippen LogP contribution in [0.1, 0.15) is 57.9 Å². The van der Waals surface area contributed by atoms with E-state index >= 15 is 0 Å². The third-order valence-corrected chi connectivity index (χ3v) is 6.71. The highest BCUT2D eigenvalue weighted by molar-refractivity contribution is 6.05. The minimum absolute atomic E-state index is 0.0164. The second-order valence-electron chi connectivity index (χ2n) is 10.2. The van der Waals surface area contributed by atoms with Crippen molar-refractivity contribution in [3.63, 3.8) is 0 Å². The molecule has 5 amide bonds. The van der Waals surface area contributed by atoms with Crippen molar-refractivity contribution >= 4 is 23.8 Å². The minimum atomic E-state index is -0.884. The Morgan fingerprint density at radius 2 is 1.89 bits per heavy atom. The molecule has 0 aromatic heterocycles. The van der Waals surface area contributed by atoms with E-state index in [1.54, 1.807) is 0 Å². The molecule has 3 N–H and O–H groups in total. The molecule has 0 saturated carbocycles. The maximum atomic E-state index is 13.5. The van der Waals surface area contributed by atoms with E-state index in [0.717, 1.165) is 24.8 Å². The largest absolute Gasteiger partial charge is 0.382 e. The van der Waals surface area contributed by atoms with Gasteiger partial charge in [-0.25, -0.2) is 15.1 Å². The van der Waals surface area contributed by atoms with Crippen molar-refractivity contribution in [2.75, 3.05) is 20.3 Å². The zero-order valence-electron chi connectivity index (χ0n) is 22.4. The van der Waals surface area contributed by atoms with Crippen molar-refractivity contribution in [3.05, 3.63) is 35.9 Å². The number of imide groups is 1. The lowest BCUT2D eigenvalue weighted by Crippen LogP contribution is -2.52. The Morgan fingerprint density at radius 1 is 1.13 bits per heavy atom. The van der Waals surface area contributed by atoms with E-state index < -0.39 is 47.9 Å². The molecule has 4 atom stereocenters. The average Bonchev–Trinajstić information content (AvgIpc) is 3.17. The molecule has 2 fully saturated rings. The van der Waals surface area contributed by atoms with Crippen LogP contribution in [0, 0.1) is 17.8 Å². The number of amides is 5. The highest BCUT2D eigenvalue weighted by Gasteiger charge is 2.42. The molecule has 210 valence electrons. The fourth-order valence-corrected chi connectivity index (χ4v) is 4.76. The predicted octanol–water partition coefficient (Wildman–Crippen LogP) is 2.46. The van der Waals surface area contributed by atoms with Crippen LogP contribution in [0.4, 0.5) is 4.79 Å². The summed E-state index contributed by atoms with van der Waals surface area (Å²) in [5.41, 5.74) is 6.11. The molecule has 2 saturated heterocycles. The van der Waals surface area contributed by atoms with Gasteiger partial charge in [-0.15, -0.1) is 0 Å². The number of carbonyl (C=O) groups excluding carboxylic acids is 4. The van der Waals surface area contributed by atoms with Gasteiger partial charge in [-0.1, -0.05) is 44.2 Å². The Hall–Kier alpha value is -3.02. The maximum absolute atomic E-state index is 13.5. The summed E-state index contributed by atoms with van der Waals surface area (Å²) < 4.78 is 10.5. The average molecular weight is 533 g/mol. The Bertz CT molecular complexity index is 937. The second-order valence-corrected chi connectivity index (χ2v) is 10.2. The molecule has 2 aliphatic rings. The number of carbonyl (C=O) groups is 4. The lowest BCUT2D eigenvalue weighted by molar-refractivity contribution is -0.203. The first-order valence-corrected chi connectivity index (χ1v) is 13.3. The molecule has 0 aliphatic carbocycles. The molecule has 0 radical (unpaired) electrons. The fourth-order valence-electron chi connectivity index (χ4n) is 4.76. The van der Waals surface area contributed by atoms with Gasteiger partial charge in [0.2, 0.25) is 11.8 Å². The van der Waals surface area contributed by atoms with Crippen molar-refractivity contribution in [1.82, 2.24) is 21.2 Å². The van der Waals surface area contributed by atoms with Gasteiger partial charge in [0.1, 0.15) is 6.04 Å². The number of hydrogen-bond donors (Lipinski definition) is 3. The van der Waals surface area contributed by atoms with Crippen molar-refractivity contribution in [2.45, 2.75) is 71.1 Å². The van der Waals surface area contributed by atoms with E-state index in [9.17, 15) is 19.2 Å². The second kappa shape index (κ2) is 14.8. The molecule has 38 heavy (non-hydrogen) atoms. The van der Waals surface area contributed by atoms with Gasteiger partial charge in [-0.2, -0.15) is 5.01 Å². The zero-order valence-corrected chi connectivity index (χ0v) is 22.4. The first-order chi connectivity index (χ1) is 18.3. The number of ether oxygens (including phenoxy) is 2. The van der Waals surface area contributed by atoms with Crippen LogP contribution < -0.4 is 16.2 Å². The Kier molecular flexibility index (Phi) is 11.5. The highest BCUT2D eigenvalue weighted by atomic mass is 16.8. The van der Waals surface area contributed by atoms with Gasteiger partial charge in [-0.05, 0) is 50.0 Å². The molecule has 3 rings (SSSR count). The first-order valence-electron chi connectivity index (χ1n) is 13.3. The standard InChI is InChI=1S/C27H40N4O7/c1-18(2)16-21(24(32)29-31-26(34)22(17-36-3)28-27(31)35)20(13-9-12-19-10-5-4-6-11-19)25(33)30-38-23-14-7-8-15-37-23/h4-6,10-11,18,20-23H,7-9,12-17H2,1-3H3,(H,28,35)(H,29,32)(H,30,33)/t20-,21?,22-,23?/m0/s1. The summed E-state index contributed by atoms with van der Waals surface area (Å²) in [7, 11) is 1.42. The number of rotatable bonds is 14. The molecule has 11 heteroatoms. The highest BCUT2D eigenvalue weighted by Crippen LogP contribution is 2.27. The summed E-state index contributed by atoms with van der Waals surface area (Å²) in [5.74, 6) is -3.10. The summed E-state index contributed by atoms with van der Waals surface area (Å²) in [5, 5.41) is 3.16. The smallest absolute Gasteiger partial charge is 0.344 e. The SMILES string of the molecule is COC[C@@H]1NC(=O)N(NC(=O)C(CC(C)C)[C@H](CCCc2ccccc2)C(=O)NOC2CCCCO2)C1=O. The third-order valence-electron chi connectivity index (χ3n) is 6.71. The van der Waals surface area contributed by atoms with E-state index in [0.29, 0.717) is 37.3 Å². The quantitative estimate of drug-likeness (QED) is 0.247. The molecule has 1 aromatic carbocycles. The van der Waals surface area contributed by atoms with Crippen molar-refractivity contribution < 1.29 is 33.5 Å². The summed E-state index contributed by atoms with van der Waals surface area (Å²) >= 11 is 0. The van der Waals surface area contributed by atoms with E-state index in [1.165, 1.54) is 7.11 Å². The normalized spacial score (nSPS) is 21.2.